The van der Waals surface area contributed by atoms with Crippen LogP contribution in [0.25, 0.3) is 0 Å². The van der Waals surface area contributed by atoms with Crippen molar-refractivity contribution in [1.29, 1.82) is 0 Å². The van der Waals surface area contributed by atoms with Gasteiger partial charge in [0.25, 0.3) is 10.0 Å². The lowest BCUT2D eigenvalue weighted by Crippen LogP contribution is -2.40. The number of sulfonamides is 1. The smallest absolute Gasteiger partial charge is 0.274 e. The van der Waals surface area contributed by atoms with Gasteiger partial charge in [0.1, 0.15) is 5.76 Å². The van der Waals surface area contributed by atoms with Crippen molar-refractivity contribution < 1.29 is 17.6 Å². The second-order valence-electron chi connectivity index (χ2n) is 5.81. The zero-order valence-corrected chi connectivity index (χ0v) is 13.0. The van der Waals surface area contributed by atoms with E-state index in [1.807, 2.05) is 0 Å². The van der Waals surface area contributed by atoms with Crippen LogP contribution in [-0.4, -0.2) is 33.7 Å². The molecule has 1 heterocycles. The van der Waals surface area contributed by atoms with Crippen molar-refractivity contribution in [1.82, 2.24) is 10.0 Å². The largest absolute Gasteiger partial charge is 0.447 e. The van der Waals surface area contributed by atoms with Gasteiger partial charge >= 0.3 is 0 Å². The molecule has 2 unspecified atom stereocenters. The summed E-state index contributed by atoms with van der Waals surface area (Å²) in [5, 5.41) is 3.28. The van der Waals surface area contributed by atoms with E-state index in [1.165, 1.54) is 18.9 Å². The van der Waals surface area contributed by atoms with Crippen LogP contribution < -0.4 is 10.0 Å². The minimum atomic E-state index is -3.61. The number of hydrogen-bond acceptors (Lipinski definition) is 5. The van der Waals surface area contributed by atoms with Crippen LogP contribution in [0.2, 0.25) is 0 Å². The third kappa shape index (κ3) is 3.66. The maximum Gasteiger partial charge on any atom is 0.274 e. The Morgan fingerprint density at radius 3 is 2.81 bits per heavy atom. The summed E-state index contributed by atoms with van der Waals surface area (Å²) in [5.41, 5.74) is 0. The molecule has 0 aromatic carbocycles. The van der Waals surface area contributed by atoms with E-state index in [4.69, 9.17) is 9.15 Å². The first-order valence-corrected chi connectivity index (χ1v) is 8.94. The molecule has 1 aromatic rings. The van der Waals surface area contributed by atoms with Crippen LogP contribution in [0.4, 0.5) is 0 Å². The first kappa shape index (κ1) is 15.0. The molecule has 21 heavy (non-hydrogen) atoms. The van der Waals surface area contributed by atoms with Gasteiger partial charge in [-0.15, -0.1) is 0 Å². The number of methoxy groups -OCH3 is 1. The molecule has 0 saturated heterocycles. The van der Waals surface area contributed by atoms with Gasteiger partial charge in [0, 0.05) is 19.2 Å². The molecular formula is C14H22N2O4S. The van der Waals surface area contributed by atoms with Gasteiger partial charge in [-0.3, -0.25) is 0 Å². The lowest BCUT2D eigenvalue weighted by Gasteiger charge is -2.18. The zero-order chi connectivity index (χ0) is 14.9. The predicted molar refractivity (Wildman–Crippen MR) is 77.3 cm³/mol. The lowest BCUT2D eigenvalue weighted by atomic mass is 10.2. The molecule has 0 bridgehead atoms. The van der Waals surface area contributed by atoms with E-state index in [-0.39, 0.29) is 17.2 Å². The van der Waals surface area contributed by atoms with Crippen molar-refractivity contribution in [3.63, 3.8) is 0 Å². The van der Waals surface area contributed by atoms with E-state index in [0.29, 0.717) is 18.3 Å². The molecule has 0 aliphatic heterocycles. The number of rotatable bonds is 7. The molecule has 2 aliphatic carbocycles. The van der Waals surface area contributed by atoms with Gasteiger partial charge in [0.15, 0.2) is 0 Å². The third-order valence-corrected chi connectivity index (χ3v) is 5.47. The molecule has 2 atom stereocenters. The van der Waals surface area contributed by atoms with E-state index in [1.54, 1.807) is 13.2 Å². The number of nitrogens with one attached hydrogen (secondary N) is 2. The highest BCUT2D eigenvalue weighted by atomic mass is 32.2. The highest BCUT2D eigenvalue weighted by Crippen LogP contribution is 2.24. The maximum absolute atomic E-state index is 12.3. The first-order valence-electron chi connectivity index (χ1n) is 7.46. The van der Waals surface area contributed by atoms with Crippen LogP contribution in [0.3, 0.4) is 0 Å². The van der Waals surface area contributed by atoms with Crippen molar-refractivity contribution in [2.75, 3.05) is 7.11 Å². The van der Waals surface area contributed by atoms with E-state index in [2.05, 4.69) is 10.0 Å². The fraction of sp³-hybridized carbons (Fsp3) is 0.714. The molecule has 0 amide bonds. The van der Waals surface area contributed by atoms with Gasteiger partial charge in [-0.1, -0.05) is 0 Å². The lowest BCUT2D eigenvalue weighted by molar-refractivity contribution is 0.0915. The minimum absolute atomic E-state index is 0.0168. The van der Waals surface area contributed by atoms with Crippen LogP contribution in [0.1, 0.15) is 37.9 Å². The SMILES string of the molecule is COC1CCCC1NS(=O)(=O)c1ccc(CNC2CC2)o1. The summed E-state index contributed by atoms with van der Waals surface area (Å²) in [7, 11) is -2.00. The summed E-state index contributed by atoms with van der Waals surface area (Å²) in [6, 6.07) is 3.63. The fourth-order valence-corrected chi connectivity index (χ4v) is 3.98. The van der Waals surface area contributed by atoms with E-state index < -0.39 is 10.0 Å². The topological polar surface area (TPSA) is 80.6 Å². The Kier molecular flexibility index (Phi) is 4.35. The summed E-state index contributed by atoms with van der Waals surface area (Å²) < 4.78 is 38.1. The van der Waals surface area contributed by atoms with Gasteiger partial charge in [-0.2, -0.15) is 0 Å². The molecule has 0 radical (unpaired) electrons. The Bertz CT molecular complexity index is 580. The van der Waals surface area contributed by atoms with Crippen LogP contribution in [0.5, 0.6) is 0 Å². The van der Waals surface area contributed by atoms with Crippen molar-refractivity contribution >= 4 is 10.0 Å². The summed E-state index contributed by atoms with van der Waals surface area (Å²) in [4.78, 5) is 0. The fourth-order valence-electron chi connectivity index (χ4n) is 2.73. The highest BCUT2D eigenvalue weighted by Gasteiger charge is 2.32. The van der Waals surface area contributed by atoms with Crippen molar-refractivity contribution in [3.8, 4) is 0 Å². The van der Waals surface area contributed by atoms with Gasteiger partial charge < -0.3 is 14.5 Å². The Balaban J connectivity index is 1.63. The van der Waals surface area contributed by atoms with Gasteiger partial charge in [0.2, 0.25) is 5.09 Å². The third-order valence-electron chi connectivity index (χ3n) is 4.11. The Hall–Kier alpha value is -0.890. The van der Waals surface area contributed by atoms with E-state index >= 15 is 0 Å². The second kappa shape index (κ2) is 6.08. The Morgan fingerprint density at radius 2 is 2.10 bits per heavy atom. The molecule has 2 saturated carbocycles. The predicted octanol–water partition coefficient (Wildman–Crippen LogP) is 1.38. The standard InChI is InChI=1S/C14H22N2O4S/c1-19-13-4-2-3-12(13)16-21(17,18)14-8-7-11(20-14)9-15-10-5-6-10/h7-8,10,12-13,15-16H,2-6,9H2,1H3. The first-order chi connectivity index (χ1) is 10.1. The monoisotopic (exact) mass is 314 g/mol. The molecule has 1 aromatic heterocycles. The van der Waals surface area contributed by atoms with Crippen LogP contribution >= 0.6 is 0 Å². The molecular weight excluding hydrogens is 292 g/mol. The molecule has 2 fully saturated rings. The molecule has 7 heteroatoms. The van der Waals surface area contributed by atoms with Gasteiger partial charge in [-0.05, 0) is 44.2 Å². The summed E-state index contributed by atoms with van der Waals surface area (Å²) >= 11 is 0. The van der Waals surface area contributed by atoms with Crippen LogP contribution in [0.15, 0.2) is 21.6 Å². The average Bonchev–Trinajstić information content (AvgIpc) is 2.98. The van der Waals surface area contributed by atoms with Gasteiger partial charge in [0.05, 0.1) is 12.6 Å². The zero-order valence-electron chi connectivity index (χ0n) is 12.2. The highest BCUT2D eigenvalue weighted by molar-refractivity contribution is 7.89. The number of furan rings is 1. The number of ether oxygens (including phenoxy) is 1. The Labute approximate surface area is 125 Å². The van der Waals surface area contributed by atoms with Gasteiger partial charge in [-0.25, -0.2) is 13.1 Å². The quantitative estimate of drug-likeness (QED) is 0.794. The van der Waals surface area contributed by atoms with E-state index in [0.717, 1.165) is 19.3 Å². The Morgan fingerprint density at radius 1 is 1.29 bits per heavy atom. The average molecular weight is 314 g/mol. The summed E-state index contributed by atoms with van der Waals surface area (Å²) in [6.07, 6.45) is 4.99. The van der Waals surface area contributed by atoms with E-state index in [9.17, 15) is 8.42 Å². The number of hydrogen-bond donors (Lipinski definition) is 2. The van der Waals surface area contributed by atoms with Crippen molar-refractivity contribution in [3.05, 3.63) is 17.9 Å². The summed E-state index contributed by atoms with van der Waals surface area (Å²) in [6.45, 7) is 0.574. The second-order valence-corrected chi connectivity index (χ2v) is 7.45. The normalized spacial score (nSPS) is 26.3. The minimum Gasteiger partial charge on any atom is -0.447 e. The molecule has 0 spiro atoms. The summed E-state index contributed by atoms with van der Waals surface area (Å²) in [5.74, 6) is 0.650. The molecule has 2 aliphatic rings. The molecule has 3 rings (SSSR count). The molecule has 2 N–H and O–H groups in total. The maximum atomic E-state index is 12.3. The van der Waals surface area contributed by atoms with Crippen molar-refractivity contribution in [2.24, 2.45) is 0 Å². The van der Waals surface area contributed by atoms with Crippen LogP contribution in [-0.2, 0) is 21.3 Å². The van der Waals surface area contributed by atoms with Crippen LogP contribution in [0, 0.1) is 0 Å². The molecule has 118 valence electrons. The van der Waals surface area contributed by atoms with Crippen molar-refractivity contribution in [2.45, 2.75) is 61.9 Å². The molecule has 6 nitrogen and oxygen atoms in total.